The topological polar surface area (TPSA) is 54.4 Å². The van der Waals surface area contributed by atoms with E-state index >= 15 is 0 Å². The Morgan fingerprint density at radius 1 is 1.35 bits per heavy atom. The van der Waals surface area contributed by atoms with E-state index in [4.69, 9.17) is 0 Å². The van der Waals surface area contributed by atoms with E-state index in [-0.39, 0.29) is 24.2 Å². The number of rotatable bonds is 5. The molecule has 1 unspecified atom stereocenters. The molecule has 0 saturated carbocycles. The third-order valence-corrected chi connectivity index (χ3v) is 3.79. The van der Waals surface area contributed by atoms with Gasteiger partial charge in [0.25, 0.3) is 0 Å². The highest BCUT2D eigenvalue weighted by molar-refractivity contribution is 7.90. The first-order chi connectivity index (χ1) is 7.78. The van der Waals surface area contributed by atoms with Crippen molar-refractivity contribution in [2.75, 3.05) is 12.0 Å². The van der Waals surface area contributed by atoms with Crippen molar-refractivity contribution in [2.24, 2.45) is 0 Å². The van der Waals surface area contributed by atoms with Crippen molar-refractivity contribution in [1.82, 2.24) is 0 Å². The lowest BCUT2D eigenvalue weighted by Gasteiger charge is -2.27. The molecular weight excluding hydrogens is 243 g/mol. The second-order valence-corrected chi connectivity index (χ2v) is 6.50. The Bertz CT molecular complexity index is 484. The van der Waals surface area contributed by atoms with Gasteiger partial charge in [-0.25, -0.2) is 12.8 Å². The summed E-state index contributed by atoms with van der Waals surface area (Å²) in [6.07, 6.45) is 1.37. The molecule has 1 aromatic rings. The molecule has 0 spiro atoms. The van der Waals surface area contributed by atoms with Crippen molar-refractivity contribution in [1.29, 1.82) is 0 Å². The highest BCUT2D eigenvalue weighted by Crippen LogP contribution is 2.30. The zero-order chi connectivity index (χ0) is 13.1. The standard InChI is InChI=1S/C12H17FO3S/c1-3-12(14,8-9-17(2,15)16)10-6-4-5-7-11(10)13/h4-7,14H,3,8-9H2,1-2H3. The van der Waals surface area contributed by atoms with Crippen LogP contribution >= 0.6 is 0 Å². The molecule has 0 aliphatic rings. The SMILES string of the molecule is CCC(O)(CCS(C)(=O)=O)c1ccccc1F. The summed E-state index contributed by atoms with van der Waals surface area (Å²) in [5.41, 5.74) is -1.26. The lowest BCUT2D eigenvalue weighted by molar-refractivity contribution is 0.0256. The van der Waals surface area contributed by atoms with Crippen LogP contribution in [0.2, 0.25) is 0 Å². The number of hydrogen-bond donors (Lipinski definition) is 1. The van der Waals surface area contributed by atoms with Crippen LogP contribution in [0.4, 0.5) is 4.39 Å². The fourth-order valence-corrected chi connectivity index (χ4v) is 2.40. The van der Waals surface area contributed by atoms with Crippen LogP contribution in [0.5, 0.6) is 0 Å². The molecule has 1 atom stereocenters. The van der Waals surface area contributed by atoms with Crippen LogP contribution in [0.3, 0.4) is 0 Å². The van der Waals surface area contributed by atoms with E-state index in [9.17, 15) is 17.9 Å². The predicted molar refractivity (Wildman–Crippen MR) is 64.9 cm³/mol. The molecule has 0 saturated heterocycles. The molecule has 1 rings (SSSR count). The van der Waals surface area contributed by atoms with E-state index < -0.39 is 21.3 Å². The average Bonchev–Trinajstić information content (AvgIpc) is 2.26. The molecule has 1 aromatic carbocycles. The van der Waals surface area contributed by atoms with E-state index in [1.165, 1.54) is 18.2 Å². The van der Waals surface area contributed by atoms with Gasteiger partial charge < -0.3 is 5.11 Å². The molecule has 0 aliphatic heterocycles. The molecule has 5 heteroatoms. The third kappa shape index (κ3) is 3.78. The lowest BCUT2D eigenvalue weighted by Crippen LogP contribution is -2.29. The summed E-state index contributed by atoms with van der Waals surface area (Å²) >= 11 is 0. The molecule has 0 radical (unpaired) electrons. The molecular formula is C12H17FO3S. The normalized spacial score (nSPS) is 15.5. The van der Waals surface area contributed by atoms with Crippen LogP contribution in [0.1, 0.15) is 25.3 Å². The van der Waals surface area contributed by atoms with Gasteiger partial charge in [0.2, 0.25) is 0 Å². The maximum absolute atomic E-state index is 13.6. The zero-order valence-electron chi connectivity index (χ0n) is 9.98. The minimum absolute atomic E-state index is 0.00324. The Labute approximate surface area is 101 Å². The van der Waals surface area contributed by atoms with Crippen LogP contribution in [0.15, 0.2) is 24.3 Å². The van der Waals surface area contributed by atoms with Crippen molar-refractivity contribution in [3.63, 3.8) is 0 Å². The van der Waals surface area contributed by atoms with Gasteiger partial charge in [0, 0.05) is 11.8 Å². The van der Waals surface area contributed by atoms with Gasteiger partial charge in [-0.3, -0.25) is 0 Å². The highest BCUT2D eigenvalue weighted by Gasteiger charge is 2.30. The fraction of sp³-hybridized carbons (Fsp3) is 0.500. The highest BCUT2D eigenvalue weighted by atomic mass is 32.2. The van der Waals surface area contributed by atoms with Crippen molar-refractivity contribution >= 4 is 9.84 Å². The van der Waals surface area contributed by atoms with Crippen molar-refractivity contribution in [2.45, 2.75) is 25.4 Å². The van der Waals surface area contributed by atoms with Crippen LogP contribution in [-0.2, 0) is 15.4 Å². The monoisotopic (exact) mass is 260 g/mol. The summed E-state index contributed by atoms with van der Waals surface area (Å²) in [5.74, 6) is -0.670. The minimum atomic E-state index is -3.17. The molecule has 3 nitrogen and oxygen atoms in total. The maximum atomic E-state index is 13.6. The summed E-state index contributed by atoms with van der Waals surface area (Å²) in [6.45, 7) is 1.70. The fourth-order valence-electron chi connectivity index (χ4n) is 1.69. The summed E-state index contributed by atoms with van der Waals surface area (Å²) in [4.78, 5) is 0. The van der Waals surface area contributed by atoms with E-state index in [1.54, 1.807) is 13.0 Å². The first-order valence-electron chi connectivity index (χ1n) is 5.43. The van der Waals surface area contributed by atoms with Crippen LogP contribution in [0, 0.1) is 5.82 Å². The molecule has 0 aromatic heterocycles. The number of halogens is 1. The van der Waals surface area contributed by atoms with E-state index in [0.29, 0.717) is 0 Å². The molecule has 96 valence electrons. The summed E-state index contributed by atoms with van der Waals surface area (Å²) in [5, 5.41) is 10.3. The maximum Gasteiger partial charge on any atom is 0.147 e. The second kappa shape index (κ2) is 5.14. The smallest absolute Gasteiger partial charge is 0.147 e. The number of sulfone groups is 1. The Morgan fingerprint density at radius 3 is 2.41 bits per heavy atom. The number of benzene rings is 1. The van der Waals surface area contributed by atoms with E-state index in [2.05, 4.69) is 0 Å². The van der Waals surface area contributed by atoms with Crippen molar-refractivity contribution < 1.29 is 17.9 Å². The van der Waals surface area contributed by atoms with Gasteiger partial charge in [0.1, 0.15) is 15.7 Å². The number of hydrogen-bond acceptors (Lipinski definition) is 3. The van der Waals surface area contributed by atoms with Crippen LogP contribution in [0.25, 0.3) is 0 Å². The van der Waals surface area contributed by atoms with Gasteiger partial charge >= 0.3 is 0 Å². The minimum Gasteiger partial charge on any atom is -0.385 e. The summed E-state index contributed by atoms with van der Waals surface area (Å²) in [7, 11) is -3.17. The Morgan fingerprint density at radius 2 is 1.94 bits per heavy atom. The largest absolute Gasteiger partial charge is 0.385 e. The third-order valence-electron chi connectivity index (χ3n) is 2.85. The predicted octanol–water partition coefficient (Wildman–Crippen LogP) is 1.86. The average molecular weight is 260 g/mol. The Hall–Kier alpha value is -0.940. The van der Waals surface area contributed by atoms with Crippen LogP contribution in [-0.4, -0.2) is 25.5 Å². The van der Waals surface area contributed by atoms with Gasteiger partial charge in [-0.1, -0.05) is 25.1 Å². The second-order valence-electron chi connectivity index (χ2n) is 4.24. The molecule has 0 fully saturated rings. The van der Waals surface area contributed by atoms with E-state index in [0.717, 1.165) is 6.26 Å². The first-order valence-corrected chi connectivity index (χ1v) is 7.49. The molecule has 17 heavy (non-hydrogen) atoms. The van der Waals surface area contributed by atoms with Gasteiger partial charge in [0.15, 0.2) is 0 Å². The van der Waals surface area contributed by atoms with Gasteiger partial charge in [0.05, 0.1) is 11.4 Å². The molecule has 1 N–H and O–H groups in total. The van der Waals surface area contributed by atoms with Crippen molar-refractivity contribution in [3.8, 4) is 0 Å². The van der Waals surface area contributed by atoms with E-state index in [1.807, 2.05) is 0 Å². The van der Waals surface area contributed by atoms with Gasteiger partial charge in [-0.15, -0.1) is 0 Å². The summed E-state index contributed by atoms with van der Waals surface area (Å²) in [6, 6.07) is 5.91. The zero-order valence-corrected chi connectivity index (χ0v) is 10.8. The van der Waals surface area contributed by atoms with Crippen molar-refractivity contribution in [3.05, 3.63) is 35.6 Å². The first kappa shape index (κ1) is 14.1. The van der Waals surface area contributed by atoms with Gasteiger partial charge in [-0.2, -0.15) is 0 Å². The molecule has 0 aliphatic carbocycles. The molecule has 0 heterocycles. The Kier molecular flexibility index (Phi) is 4.27. The van der Waals surface area contributed by atoms with Gasteiger partial charge in [-0.05, 0) is 18.9 Å². The number of aliphatic hydroxyl groups is 1. The van der Waals surface area contributed by atoms with Crippen LogP contribution < -0.4 is 0 Å². The Balaban J connectivity index is 3.00. The quantitative estimate of drug-likeness (QED) is 0.879. The summed E-state index contributed by atoms with van der Waals surface area (Å²) < 4.78 is 35.8. The molecule has 0 amide bonds. The molecule has 0 bridgehead atoms. The lowest BCUT2D eigenvalue weighted by atomic mass is 9.88.